The average molecular weight is 355 g/mol. The van der Waals surface area contributed by atoms with E-state index in [-0.39, 0.29) is 12.4 Å². The fourth-order valence-corrected chi connectivity index (χ4v) is 2.58. The standard InChI is InChI=1S/C13H17Cl2N3O2.ClH/c14-10-2-1-9(7-11(10)15)13(8-18-12(16)19)3-4-17-5-6-20-13;/h1-2,7,17H,3-6,8H2,(H3,16,18,19);1H/t13-;/m0./s1. The van der Waals surface area contributed by atoms with Crippen LogP contribution in [0.1, 0.15) is 12.0 Å². The molecule has 0 aliphatic carbocycles. The number of carbonyl (C=O) groups excluding carboxylic acids is 1. The number of nitrogens with two attached hydrogens (primary N) is 1. The molecular weight excluding hydrogens is 337 g/mol. The molecular formula is C13H18Cl3N3O2. The number of rotatable bonds is 3. The SMILES string of the molecule is Cl.NC(=O)NC[C@]1(c2ccc(Cl)c(Cl)c2)CCNCCO1. The number of primary amides is 1. The van der Waals surface area contributed by atoms with E-state index < -0.39 is 11.6 Å². The van der Waals surface area contributed by atoms with Gasteiger partial charge in [0.1, 0.15) is 5.60 Å². The van der Waals surface area contributed by atoms with Crippen molar-refractivity contribution in [1.29, 1.82) is 0 Å². The molecule has 1 fully saturated rings. The van der Waals surface area contributed by atoms with E-state index in [1.165, 1.54) is 0 Å². The van der Waals surface area contributed by atoms with Crippen LogP contribution in [0.15, 0.2) is 18.2 Å². The van der Waals surface area contributed by atoms with Crippen LogP contribution in [0.5, 0.6) is 0 Å². The van der Waals surface area contributed by atoms with Crippen LogP contribution in [-0.4, -0.2) is 32.3 Å². The molecule has 1 aromatic carbocycles. The molecule has 118 valence electrons. The molecule has 0 saturated carbocycles. The summed E-state index contributed by atoms with van der Waals surface area (Å²) in [6.45, 7) is 2.38. The molecule has 1 aliphatic heterocycles. The Bertz CT molecular complexity index is 492. The lowest BCUT2D eigenvalue weighted by molar-refractivity contribution is -0.0396. The highest BCUT2D eigenvalue weighted by Gasteiger charge is 2.35. The van der Waals surface area contributed by atoms with Gasteiger partial charge in [0.25, 0.3) is 0 Å². The van der Waals surface area contributed by atoms with Crippen molar-refractivity contribution in [3.05, 3.63) is 33.8 Å². The smallest absolute Gasteiger partial charge is 0.312 e. The molecule has 21 heavy (non-hydrogen) atoms. The van der Waals surface area contributed by atoms with Crippen molar-refractivity contribution in [3.8, 4) is 0 Å². The molecule has 0 aromatic heterocycles. The number of hydrogen-bond donors (Lipinski definition) is 3. The second kappa shape index (κ2) is 8.06. The van der Waals surface area contributed by atoms with Gasteiger partial charge in [0.05, 0.1) is 23.2 Å². The minimum Gasteiger partial charge on any atom is -0.367 e. The Hall–Kier alpha value is -0.720. The maximum absolute atomic E-state index is 11.0. The molecule has 1 atom stereocenters. The Labute approximate surface area is 139 Å². The third-order valence-corrected chi connectivity index (χ3v) is 4.10. The Kier molecular flexibility index (Phi) is 7.03. The van der Waals surface area contributed by atoms with Crippen LogP contribution >= 0.6 is 35.6 Å². The number of hydrogen-bond acceptors (Lipinski definition) is 3. The summed E-state index contributed by atoms with van der Waals surface area (Å²) in [6, 6.07) is 4.79. The number of nitrogens with one attached hydrogen (secondary N) is 2. The summed E-state index contributed by atoms with van der Waals surface area (Å²) in [5.41, 5.74) is 5.40. The summed E-state index contributed by atoms with van der Waals surface area (Å²) in [5.74, 6) is 0. The average Bonchev–Trinajstić information content (AvgIpc) is 2.66. The van der Waals surface area contributed by atoms with Crippen molar-refractivity contribution in [2.75, 3.05) is 26.2 Å². The fraction of sp³-hybridized carbons (Fsp3) is 0.462. The van der Waals surface area contributed by atoms with Crippen LogP contribution in [0.25, 0.3) is 0 Å². The van der Waals surface area contributed by atoms with Gasteiger partial charge < -0.3 is 21.1 Å². The highest BCUT2D eigenvalue weighted by atomic mass is 35.5. The van der Waals surface area contributed by atoms with Gasteiger partial charge in [0.2, 0.25) is 0 Å². The number of amides is 2. The molecule has 0 unspecified atom stereocenters. The quantitative estimate of drug-likeness (QED) is 0.779. The van der Waals surface area contributed by atoms with E-state index in [2.05, 4.69) is 10.6 Å². The number of urea groups is 1. The van der Waals surface area contributed by atoms with Gasteiger partial charge in [-0.25, -0.2) is 4.79 Å². The predicted octanol–water partition coefficient (Wildman–Crippen LogP) is 2.29. The highest BCUT2D eigenvalue weighted by molar-refractivity contribution is 6.42. The van der Waals surface area contributed by atoms with Gasteiger partial charge in [-0.3, -0.25) is 0 Å². The normalized spacial score (nSPS) is 22.0. The van der Waals surface area contributed by atoms with Crippen molar-refractivity contribution >= 4 is 41.6 Å². The van der Waals surface area contributed by atoms with E-state index in [1.54, 1.807) is 12.1 Å². The van der Waals surface area contributed by atoms with Crippen LogP contribution < -0.4 is 16.4 Å². The van der Waals surface area contributed by atoms with Crippen LogP contribution in [0.3, 0.4) is 0 Å². The maximum Gasteiger partial charge on any atom is 0.312 e. The molecule has 1 aliphatic rings. The zero-order chi connectivity index (χ0) is 14.6. The zero-order valence-electron chi connectivity index (χ0n) is 11.3. The lowest BCUT2D eigenvalue weighted by Gasteiger charge is -2.33. The molecule has 0 spiro atoms. The first-order valence-electron chi connectivity index (χ1n) is 6.37. The first kappa shape index (κ1) is 18.3. The summed E-state index contributed by atoms with van der Waals surface area (Å²) in [7, 11) is 0. The Balaban J connectivity index is 0.00000220. The van der Waals surface area contributed by atoms with E-state index in [0.717, 1.165) is 18.7 Å². The van der Waals surface area contributed by atoms with Gasteiger partial charge in [-0.2, -0.15) is 0 Å². The Morgan fingerprint density at radius 3 is 2.81 bits per heavy atom. The Morgan fingerprint density at radius 1 is 1.38 bits per heavy atom. The first-order chi connectivity index (χ1) is 9.53. The van der Waals surface area contributed by atoms with E-state index >= 15 is 0 Å². The molecule has 1 aromatic rings. The first-order valence-corrected chi connectivity index (χ1v) is 7.13. The van der Waals surface area contributed by atoms with Crippen molar-refractivity contribution in [3.63, 3.8) is 0 Å². The van der Waals surface area contributed by atoms with Crippen LogP contribution in [0, 0.1) is 0 Å². The van der Waals surface area contributed by atoms with Crippen LogP contribution in [0.4, 0.5) is 4.79 Å². The summed E-state index contributed by atoms with van der Waals surface area (Å²) in [5, 5.41) is 6.83. The van der Waals surface area contributed by atoms with E-state index in [1.807, 2.05) is 6.07 Å². The van der Waals surface area contributed by atoms with Crippen molar-refractivity contribution in [1.82, 2.24) is 10.6 Å². The van der Waals surface area contributed by atoms with E-state index in [9.17, 15) is 4.79 Å². The second-order valence-corrected chi connectivity index (χ2v) is 5.50. The summed E-state index contributed by atoms with van der Waals surface area (Å²) in [6.07, 6.45) is 0.700. The minimum atomic E-state index is -0.646. The monoisotopic (exact) mass is 353 g/mol. The Morgan fingerprint density at radius 2 is 2.14 bits per heavy atom. The molecule has 4 N–H and O–H groups in total. The molecule has 0 radical (unpaired) electrons. The van der Waals surface area contributed by atoms with Gasteiger partial charge in [0, 0.05) is 6.54 Å². The molecule has 1 heterocycles. The largest absolute Gasteiger partial charge is 0.367 e. The molecule has 2 amide bonds. The van der Waals surface area contributed by atoms with Gasteiger partial charge >= 0.3 is 6.03 Å². The maximum atomic E-state index is 11.0. The van der Waals surface area contributed by atoms with Gasteiger partial charge in [-0.15, -0.1) is 12.4 Å². The highest BCUT2D eigenvalue weighted by Crippen LogP contribution is 2.34. The summed E-state index contributed by atoms with van der Waals surface area (Å²) in [4.78, 5) is 11.0. The third-order valence-electron chi connectivity index (χ3n) is 3.36. The molecule has 2 rings (SSSR count). The summed E-state index contributed by atoms with van der Waals surface area (Å²) < 4.78 is 5.99. The topological polar surface area (TPSA) is 76.4 Å². The zero-order valence-corrected chi connectivity index (χ0v) is 13.7. The lowest BCUT2D eigenvalue weighted by Crippen LogP contribution is -2.45. The third kappa shape index (κ3) is 4.63. The fourth-order valence-electron chi connectivity index (χ4n) is 2.28. The predicted molar refractivity (Wildman–Crippen MR) is 86.4 cm³/mol. The molecule has 1 saturated heterocycles. The number of benzene rings is 1. The van der Waals surface area contributed by atoms with Crippen LogP contribution in [0.2, 0.25) is 10.0 Å². The van der Waals surface area contributed by atoms with Gasteiger partial charge in [0.15, 0.2) is 0 Å². The molecule has 8 heteroatoms. The van der Waals surface area contributed by atoms with Crippen molar-refractivity contribution in [2.24, 2.45) is 5.73 Å². The molecule has 0 bridgehead atoms. The van der Waals surface area contributed by atoms with Gasteiger partial charge in [-0.05, 0) is 30.7 Å². The number of halogens is 3. The lowest BCUT2D eigenvalue weighted by atomic mass is 9.90. The van der Waals surface area contributed by atoms with Gasteiger partial charge in [-0.1, -0.05) is 29.3 Å². The number of ether oxygens (including phenoxy) is 1. The van der Waals surface area contributed by atoms with Crippen LogP contribution in [-0.2, 0) is 10.3 Å². The van der Waals surface area contributed by atoms with Crippen molar-refractivity contribution < 1.29 is 9.53 Å². The summed E-state index contributed by atoms with van der Waals surface area (Å²) >= 11 is 12.0. The molecule has 5 nitrogen and oxygen atoms in total. The van der Waals surface area contributed by atoms with E-state index in [0.29, 0.717) is 29.6 Å². The van der Waals surface area contributed by atoms with Crippen molar-refractivity contribution in [2.45, 2.75) is 12.0 Å². The number of carbonyl (C=O) groups is 1. The second-order valence-electron chi connectivity index (χ2n) is 4.69. The van der Waals surface area contributed by atoms with E-state index in [4.69, 9.17) is 33.7 Å². The minimum absolute atomic E-state index is 0.